The summed E-state index contributed by atoms with van der Waals surface area (Å²) in [5, 5.41) is 8.53. The lowest BCUT2D eigenvalue weighted by molar-refractivity contribution is -0.146. The van der Waals surface area contributed by atoms with Gasteiger partial charge in [0.15, 0.2) is 0 Å². The van der Waals surface area contributed by atoms with Crippen molar-refractivity contribution < 1.29 is 33.4 Å². The van der Waals surface area contributed by atoms with Gasteiger partial charge in [-0.2, -0.15) is 0 Å². The van der Waals surface area contributed by atoms with E-state index in [4.69, 9.17) is 9.47 Å². The van der Waals surface area contributed by atoms with Crippen LogP contribution < -0.4 is 16.0 Å². The van der Waals surface area contributed by atoms with Crippen molar-refractivity contribution in [3.63, 3.8) is 0 Å². The fourth-order valence-corrected chi connectivity index (χ4v) is 5.29. The molecule has 3 rings (SSSR count). The SMILES string of the molecule is COC(=O)[C@@H]1CN(C(=O)OC)C[C@@H]1NC(=O)[C@@H](NC(=O)[C@@H](NC(=O)c1cnccn1)C1CCCCC1)C(C)(C)C. The van der Waals surface area contributed by atoms with Crippen LogP contribution in [0.5, 0.6) is 0 Å². The smallest absolute Gasteiger partial charge is 0.409 e. The number of carbonyl (C=O) groups is 5. The summed E-state index contributed by atoms with van der Waals surface area (Å²) in [5.41, 5.74) is -0.640. The van der Waals surface area contributed by atoms with Crippen molar-refractivity contribution in [1.29, 1.82) is 0 Å². The lowest BCUT2D eigenvalue weighted by Gasteiger charge is -2.35. The fourth-order valence-electron chi connectivity index (χ4n) is 5.29. The largest absolute Gasteiger partial charge is 0.469 e. The van der Waals surface area contributed by atoms with Crippen molar-refractivity contribution >= 4 is 29.8 Å². The van der Waals surface area contributed by atoms with E-state index in [-0.39, 0.29) is 24.7 Å². The highest BCUT2D eigenvalue weighted by molar-refractivity contribution is 5.97. The fraction of sp³-hybridized carbons (Fsp3) is 0.667. The molecule has 4 atom stereocenters. The van der Waals surface area contributed by atoms with Crippen molar-refractivity contribution in [2.75, 3.05) is 27.3 Å². The zero-order chi connectivity index (χ0) is 29.4. The maximum Gasteiger partial charge on any atom is 0.409 e. The molecule has 13 heteroatoms. The first kappa shape index (κ1) is 30.8. The number of likely N-dealkylation sites (tertiary alicyclic amines) is 1. The van der Waals surface area contributed by atoms with E-state index in [9.17, 15) is 24.0 Å². The molecule has 2 fully saturated rings. The van der Waals surface area contributed by atoms with Crippen LogP contribution in [0.3, 0.4) is 0 Å². The molecule has 2 heterocycles. The number of rotatable bonds is 8. The topological polar surface area (TPSA) is 169 Å². The Morgan fingerprint density at radius 1 is 0.950 bits per heavy atom. The average Bonchev–Trinajstić information content (AvgIpc) is 3.37. The maximum atomic E-state index is 13.7. The van der Waals surface area contributed by atoms with Gasteiger partial charge in [-0.15, -0.1) is 0 Å². The molecule has 40 heavy (non-hydrogen) atoms. The molecule has 0 spiro atoms. The standard InChI is InChI=1S/C27H40N6O7/c1-27(2,3)21(24(36)30-19-15-33(26(38)40-5)14-17(19)25(37)39-4)32-23(35)20(16-9-7-6-8-10-16)31-22(34)18-13-28-11-12-29-18/h11-13,16-17,19-21H,6-10,14-15H2,1-5H3,(H,30,36)(H,31,34)(H,32,35)/t17-,19+,20+,21-/m1/s1. The van der Waals surface area contributed by atoms with E-state index in [1.807, 2.05) is 0 Å². The van der Waals surface area contributed by atoms with Gasteiger partial charge in [-0.25, -0.2) is 9.78 Å². The van der Waals surface area contributed by atoms with Gasteiger partial charge in [-0.05, 0) is 24.2 Å². The number of hydrogen-bond acceptors (Lipinski definition) is 9. The molecule has 1 aromatic rings. The second kappa shape index (κ2) is 13.5. The predicted octanol–water partition coefficient (Wildman–Crippen LogP) is 1.04. The van der Waals surface area contributed by atoms with Gasteiger partial charge < -0.3 is 30.3 Å². The highest BCUT2D eigenvalue weighted by Crippen LogP contribution is 2.28. The van der Waals surface area contributed by atoms with Crippen molar-refractivity contribution in [1.82, 2.24) is 30.8 Å². The van der Waals surface area contributed by atoms with Crippen LogP contribution in [0.4, 0.5) is 4.79 Å². The first-order chi connectivity index (χ1) is 19.0. The summed E-state index contributed by atoms with van der Waals surface area (Å²) in [5.74, 6) is -3.00. The lowest BCUT2D eigenvalue weighted by atomic mass is 9.82. The van der Waals surface area contributed by atoms with Gasteiger partial charge in [-0.3, -0.25) is 24.2 Å². The summed E-state index contributed by atoms with van der Waals surface area (Å²) in [6, 6.07) is -2.63. The minimum atomic E-state index is -1.01. The Hall–Kier alpha value is -3.77. The Morgan fingerprint density at radius 3 is 2.23 bits per heavy atom. The van der Waals surface area contributed by atoms with Crippen molar-refractivity contribution in [3.05, 3.63) is 24.3 Å². The molecule has 0 aromatic carbocycles. The molecule has 0 unspecified atom stereocenters. The van der Waals surface area contributed by atoms with Crippen molar-refractivity contribution in [3.8, 4) is 0 Å². The summed E-state index contributed by atoms with van der Waals surface area (Å²) >= 11 is 0. The monoisotopic (exact) mass is 560 g/mol. The van der Waals surface area contributed by atoms with E-state index in [1.54, 1.807) is 20.8 Å². The van der Waals surface area contributed by atoms with Crippen LogP contribution in [0.2, 0.25) is 0 Å². The van der Waals surface area contributed by atoms with Crippen LogP contribution >= 0.6 is 0 Å². The summed E-state index contributed by atoms with van der Waals surface area (Å²) in [4.78, 5) is 74.0. The zero-order valence-corrected chi connectivity index (χ0v) is 23.8. The van der Waals surface area contributed by atoms with Crippen molar-refractivity contribution in [2.24, 2.45) is 17.3 Å². The van der Waals surface area contributed by atoms with Crippen LogP contribution in [0, 0.1) is 17.3 Å². The molecule has 2 aliphatic rings. The molecule has 3 N–H and O–H groups in total. The van der Waals surface area contributed by atoms with Crippen LogP contribution in [0.25, 0.3) is 0 Å². The molecule has 0 bridgehead atoms. The zero-order valence-electron chi connectivity index (χ0n) is 23.8. The number of aromatic nitrogens is 2. The quantitative estimate of drug-likeness (QED) is 0.393. The van der Waals surface area contributed by atoms with Crippen molar-refractivity contribution in [2.45, 2.75) is 71.0 Å². The molecular weight excluding hydrogens is 520 g/mol. The van der Waals surface area contributed by atoms with Crippen LogP contribution in [-0.2, 0) is 23.9 Å². The number of methoxy groups -OCH3 is 2. The molecule has 1 aliphatic carbocycles. The number of carbonyl (C=O) groups excluding carboxylic acids is 5. The normalized spacial score (nSPS) is 21.1. The Labute approximate surface area is 234 Å². The van der Waals surface area contributed by atoms with Gasteiger partial charge in [0.05, 0.1) is 32.4 Å². The highest BCUT2D eigenvalue weighted by Gasteiger charge is 2.44. The third-order valence-corrected chi connectivity index (χ3v) is 7.49. The molecule has 13 nitrogen and oxygen atoms in total. The third-order valence-electron chi connectivity index (χ3n) is 7.49. The molecule has 1 saturated carbocycles. The first-order valence-electron chi connectivity index (χ1n) is 13.5. The lowest BCUT2D eigenvalue weighted by Crippen LogP contribution is -2.61. The minimum Gasteiger partial charge on any atom is -0.469 e. The molecular formula is C27H40N6O7. The predicted molar refractivity (Wildman–Crippen MR) is 143 cm³/mol. The number of nitrogens with one attached hydrogen (secondary N) is 3. The van der Waals surface area contributed by atoms with E-state index < -0.39 is 59.2 Å². The summed E-state index contributed by atoms with van der Waals surface area (Å²) in [6.45, 7) is 5.48. The average molecular weight is 561 g/mol. The van der Waals surface area contributed by atoms with Gasteiger partial charge >= 0.3 is 12.1 Å². The van der Waals surface area contributed by atoms with Gasteiger partial charge in [0, 0.05) is 25.5 Å². The molecule has 1 aliphatic heterocycles. The van der Waals surface area contributed by atoms with Crippen LogP contribution in [-0.4, -0.2) is 90.1 Å². The number of ether oxygens (including phenoxy) is 2. The first-order valence-corrected chi connectivity index (χ1v) is 13.5. The highest BCUT2D eigenvalue weighted by atomic mass is 16.5. The summed E-state index contributed by atoms with van der Waals surface area (Å²) < 4.78 is 9.66. The minimum absolute atomic E-state index is 0.0228. The van der Waals surface area contributed by atoms with Gasteiger partial charge in [-0.1, -0.05) is 40.0 Å². The van der Waals surface area contributed by atoms with Crippen LogP contribution in [0.15, 0.2) is 18.6 Å². The third kappa shape index (κ3) is 7.66. The molecule has 1 aromatic heterocycles. The Bertz CT molecular complexity index is 1070. The number of esters is 1. The Morgan fingerprint density at radius 2 is 1.65 bits per heavy atom. The number of amides is 4. The van der Waals surface area contributed by atoms with Crippen LogP contribution in [0.1, 0.15) is 63.4 Å². The summed E-state index contributed by atoms with van der Waals surface area (Å²) in [7, 11) is 2.47. The Balaban J connectivity index is 1.79. The van der Waals surface area contributed by atoms with E-state index in [0.717, 1.165) is 32.1 Å². The van der Waals surface area contributed by atoms with E-state index in [0.29, 0.717) is 0 Å². The maximum absolute atomic E-state index is 13.7. The number of hydrogen-bond donors (Lipinski definition) is 3. The Kier molecular flexibility index (Phi) is 10.4. The summed E-state index contributed by atoms with van der Waals surface area (Å²) in [6.07, 6.45) is 8.01. The second-order valence-corrected chi connectivity index (χ2v) is 11.4. The molecule has 220 valence electrons. The van der Waals surface area contributed by atoms with E-state index in [1.165, 1.54) is 37.7 Å². The second-order valence-electron chi connectivity index (χ2n) is 11.4. The molecule has 1 saturated heterocycles. The van der Waals surface area contributed by atoms with Gasteiger partial charge in [0.1, 0.15) is 17.8 Å². The van der Waals surface area contributed by atoms with Gasteiger partial charge in [0.25, 0.3) is 5.91 Å². The molecule has 0 radical (unpaired) electrons. The van der Waals surface area contributed by atoms with E-state index >= 15 is 0 Å². The number of nitrogens with zero attached hydrogens (tertiary/aromatic N) is 3. The van der Waals surface area contributed by atoms with Gasteiger partial charge in [0.2, 0.25) is 11.8 Å². The van der Waals surface area contributed by atoms with E-state index in [2.05, 4.69) is 25.9 Å². The molecule has 4 amide bonds.